The molecule has 0 N–H and O–H groups in total. The van der Waals surface area contributed by atoms with Crippen LogP contribution in [-0.4, -0.2) is 20.3 Å². The van der Waals surface area contributed by atoms with E-state index >= 15 is 0 Å². The van der Waals surface area contributed by atoms with Gasteiger partial charge in [-0.05, 0) is 22.8 Å². The summed E-state index contributed by atoms with van der Waals surface area (Å²) in [5.41, 5.74) is 2.69. The molecule has 0 aliphatic rings. The van der Waals surface area contributed by atoms with Crippen LogP contribution in [0.2, 0.25) is 0 Å². The van der Waals surface area contributed by atoms with Gasteiger partial charge in [-0.2, -0.15) is 36.4 Å². The molecule has 2 heterocycles. The summed E-state index contributed by atoms with van der Waals surface area (Å²) in [6.07, 6.45) is 3.50. The van der Waals surface area contributed by atoms with Crippen LogP contribution in [0.4, 0.5) is 0 Å². The van der Waals surface area contributed by atoms with E-state index in [0.29, 0.717) is 17.7 Å². The van der Waals surface area contributed by atoms with E-state index in [1.54, 1.807) is 0 Å². The fourth-order valence-electron chi connectivity index (χ4n) is 1.80. The molecule has 0 unspecified atom stereocenters. The summed E-state index contributed by atoms with van der Waals surface area (Å²) in [7, 11) is 0. The number of benzene rings is 2. The molecule has 0 spiro atoms. The Morgan fingerprint density at radius 1 is 0.870 bits per heavy atom. The third-order valence-electron chi connectivity index (χ3n) is 2.81. The average molecular weight is 377 g/mol. The zero-order valence-electron chi connectivity index (χ0n) is 12.3. The van der Waals surface area contributed by atoms with Gasteiger partial charge in [-0.25, -0.2) is 0 Å². The Morgan fingerprint density at radius 2 is 1.57 bits per heavy atom. The van der Waals surface area contributed by atoms with E-state index < -0.39 is 0 Å². The standard InChI is InChI=1S/C11H7N4O.C6H5.Y/c1-2-4-8(5-3-1)6-9-7-12-10-11(13-9)15-16-14-10;1-2-4-6-5-3-1;/h1-5H,6H2;1-5H;/q2*-1;. The molecule has 2 aromatic heterocycles. The van der Waals surface area contributed by atoms with Gasteiger partial charge in [0.15, 0.2) is 5.65 Å². The molecule has 111 valence electrons. The van der Waals surface area contributed by atoms with Crippen LogP contribution >= 0.6 is 0 Å². The molecule has 0 saturated heterocycles. The minimum atomic E-state index is 0. The van der Waals surface area contributed by atoms with Gasteiger partial charge >= 0.3 is 0 Å². The summed E-state index contributed by atoms with van der Waals surface area (Å²) in [6.45, 7) is 0. The van der Waals surface area contributed by atoms with Crippen molar-refractivity contribution in [2.75, 3.05) is 0 Å². The Balaban J connectivity index is 0.000000234. The number of aromatic nitrogens is 4. The number of fused-ring (bicyclic) bond motifs is 1. The summed E-state index contributed by atoms with van der Waals surface area (Å²) in [5, 5.41) is 7.22. The number of hydrogen-bond acceptors (Lipinski definition) is 5. The predicted octanol–water partition coefficient (Wildman–Crippen LogP) is 2.89. The van der Waals surface area contributed by atoms with Gasteiger partial charge in [0, 0.05) is 32.7 Å². The predicted molar refractivity (Wildman–Crippen MR) is 80.8 cm³/mol. The summed E-state index contributed by atoms with van der Waals surface area (Å²) in [6, 6.07) is 22.5. The summed E-state index contributed by atoms with van der Waals surface area (Å²) < 4.78 is 4.53. The zero-order valence-corrected chi connectivity index (χ0v) is 15.1. The quantitative estimate of drug-likeness (QED) is 0.503. The molecule has 0 fully saturated rings. The van der Waals surface area contributed by atoms with Crippen molar-refractivity contribution in [3.63, 3.8) is 0 Å². The van der Waals surface area contributed by atoms with E-state index in [9.17, 15) is 0 Å². The van der Waals surface area contributed by atoms with Crippen LogP contribution in [0.25, 0.3) is 11.3 Å². The minimum Gasteiger partial charge on any atom is -0.428 e. The first kappa shape index (κ1) is 17.4. The Kier molecular flexibility index (Phi) is 6.97. The Bertz CT molecular complexity index is 795. The molecular weight excluding hydrogens is 365 g/mol. The largest absolute Gasteiger partial charge is 0.428 e. The molecule has 23 heavy (non-hydrogen) atoms. The van der Waals surface area contributed by atoms with Crippen molar-refractivity contribution in [3.05, 3.63) is 84.2 Å². The maximum atomic E-state index is 4.53. The average Bonchev–Trinajstić information content (AvgIpc) is 3.06. The first-order valence-corrected chi connectivity index (χ1v) is 6.74. The second-order valence-corrected chi connectivity index (χ2v) is 4.43. The maximum absolute atomic E-state index is 4.53. The van der Waals surface area contributed by atoms with Gasteiger partial charge in [-0.3, -0.25) is 9.61 Å². The molecule has 6 heteroatoms. The van der Waals surface area contributed by atoms with Crippen molar-refractivity contribution in [2.45, 2.75) is 6.42 Å². The van der Waals surface area contributed by atoms with Crippen LogP contribution < -0.4 is 0 Å². The van der Waals surface area contributed by atoms with Gasteiger partial charge in [-0.15, -0.1) is 11.4 Å². The van der Waals surface area contributed by atoms with Crippen LogP contribution in [0.3, 0.4) is 0 Å². The van der Waals surface area contributed by atoms with Gasteiger partial charge in [-0.1, -0.05) is 30.3 Å². The SMILES string of the molecule is [Y].[c-]1ccccc1.[c-]1nc2nonc2nc1Cc1ccccc1. The van der Waals surface area contributed by atoms with Gasteiger partial charge in [0.2, 0.25) is 0 Å². The molecule has 0 aliphatic carbocycles. The van der Waals surface area contributed by atoms with Crippen LogP contribution in [0.5, 0.6) is 0 Å². The molecule has 4 aromatic rings. The van der Waals surface area contributed by atoms with Gasteiger partial charge < -0.3 is 4.98 Å². The topological polar surface area (TPSA) is 64.7 Å². The van der Waals surface area contributed by atoms with Gasteiger partial charge in [0.25, 0.3) is 0 Å². The van der Waals surface area contributed by atoms with Crippen LogP contribution in [-0.2, 0) is 39.1 Å². The van der Waals surface area contributed by atoms with Crippen LogP contribution in [0.15, 0.2) is 65.3 Å². The van der Waals surface area contributed by atoms with Crippen molar-refractivity contribution < 1.29 is 37.3 Å². The Labute approximate surface area is 159 Å². The van der Waals surface area contributed by atoms with Crippen LogP contribution in [0.1, 0.15) is 11.3 Å². The fourth-order valence-corrected chi connectivity index (χ4v) is 1.80. The number of nitrogens with zero attached hydrogens (tertiary/aromatic N) is 4. The molecule has 1 radical (unpaired) electrons. The minimum absolute atomic E-state index is 0. The smallest absolute Gasteiger partial charge is 0.158 e. The molecule has 0 atom stereocenters. The van der Waals surface area contributed by atoms with E-state index in [1.165, 1.54) is 0 Å². The summed E-state index contributed by atoms with van der Waals surface area (Å²) in [4.78, 5) is 8.23. The molecular formula is C17H12N4OY-2. The Hall–Kier alpha value is -1.98. The number of rotatable bonds is 2. The van der Waals surface area contributed by atoms with Crippen molar-refractivity contribution in [1.29, 1.82) is 0 Å². The molecule has 5 nitrogen and oxygen atoms in total. The van der Waals surface area contributed by atoms with E-state index in [1.807, 2.05) is 60.7 Å². The third-order valence-corrected chi connectivity index (χ3v) is 2.81. The zero-order chi connectivity index (χ0) is 15.0. The van der Waals surface area contributed by atoms with Gasteiger partial charge in [0.05, 0.1) is 5.65 Å². The van der Waals surface area contributed by atoms with E-state index in [0.717, 1.165) is 11.3 Å². The maximum Gasteiger partial charge on any atom is 0.158 e. The first-order chi connectivity index (χ1) is 10.9. The second kappa shape index (κ2) is 9.23. The molecule has 0 aliphatic heterocycles. The van der Waals surface area contributed by atoms with Crippen molar-refractivity contribution >= 4 is 11.3 Å². The molecule has 0 bridgehead atoms. The fraction of sp³-hybridized carbons (Fsp3) is 0.0588. The number of hydrogen-bond donors (Lipinski definition) is 0. The van der Waals surface area contributed by atoms with Crippen molar-refractivity contribution in [1.82, 2.24) is 20.3 Å². The Morgan fingerprint density at radius 3 is 2.22 bits per heavy atom. The first-order valence-electron chi connectivity index (χ1n) is 6.74. The van der Waals surface area contributed by atoms with E-state index in [-0.39, 0.29) is 32.7 Å². The summed E-state index contributed by atoms with van der Waals surface area (Å²) in [5.74, 6) is 0. The van der Waals surface area contributed by atoms with Crippen molar-refractivity contribution in [2.24, 2.45) is 0 Å². The van der Waals surface area contributed by atoms with Crippen molar-refractivity contribution in [3.8, 4) is 0 Å². The van der Waals surface area contributed by atoms with Crippen LogP contribution in [0, 0.1) is 12.3 Å². The molecule has 4 rings (SSSR count). The third kappa shape index (κ3) is 5.30. The van der Waals surface area contributed by atoms with E-state index in [2.05, 4.69) is 37.2 Å². The van der Waals surface area contributed by atoms with E-state index in [4.69, 9.17) is 0 Å². The summed E-state index contributed by atoms with van der Waals surface area (Å²) >= 11 is 0. The normalized spacial score (nSPS) is 9.57. The van der Waals surface area contributed by atoms with Gasteiger partial charge in [0.1, 0.15) is 0 Å². The molecule has 2 aromatic carbocycles. The second-order valence-electron chi connectivity index (χ2n) is 4.43. The monoisotopic (exact) mass is 377 g/mol. The molecule has 0 saturated carbocycles. The molecule has 0 amide bonds.